The maximum absolute atomic E-state index is 13.1. The van der Waals surface area contributed by atoms with E-state index in [0.717, 1.165) is 34.9 Å². The van der Waals surface area contributed by atoms with Crippen molar-refractivity contribution < 1.29 is 22.3 Å². The van der Waals surface area contributed by atoms with Crippen molar-refractivity contribution in [2.75, 3.05) is 20.2 Å². The number of hydrogen-bond donors (Lipinski definition) is 1. The van der Waals surface area contributed by atoms with E-state index in [1.54, 1.807) is 0 Å². The van der Waals surface area contributed by atoms with Crippen LogP contribution in [-0.2, 0) is 34.3 Å². The molecule has 6 nitrogen and oxygen atoms in total. The van der Waals surface area contributed by atoms with Crippen LogP contribution in [0.1, 0.15) is 40.2 Å². The monoisotopic (exact) mass is 452 g/mol. The molecule has 1 aromatic heterocycles. The first kappa shape index (κ1) is 22.6. The number of nitrogens with one attached hydrogen (secondary N) is 1. The Hall–Kier alpha value is -2.07. The lowest BCUT2D eigenvalue weighted by molar-refractivity contribution is 0.0595. The summed E-state index contributed by atoms with van der Waals surface area (Å²) in [6, 6.07) is 5.57. The van der Waals surface area contributed by atoms with Gasteiger partial charge >= 0.3 is 5.97 Å². The summed E-state index contributed by atoms with van der Waals surface area (Å²) in [7, 11) is -2.70. The number of allylic oxidation sites excluding steroid dienone is 1. The Kier molecular flexibility index (Phi) is 7.07. The van der Waals surface area contributed by atoms with Crippen LogP contribution in [0.15, 0.2) is 40.1 Å². The van der Waals surface area contributed by atoms with E-state index in [-0.39, 0.29) is 16.3 Å². The summed E-state index contributed by atoms with van der Waals surface area (Å²) in [5.41, 5.74) is 2.72. The predicted molar refractivity (Wildman–Crippen MR) is 114 cm³/mol. The summed E-state index contributed by atoms with van der Waals surface area (Å²) in [5, 5.41) is 0. The van der Waals surface area contributed by atoms with Crippen molar-refractivity contribution in [2.45, 2.75) is 37.6 Å². The molecule has 1 aliphatic rings. The zero-order chi connectivity index (χ0) is 21.9. The second-order valence-corrected chi connectivity index (χ2v) is 10.4. The van der Waals surface area contributed by atoms with Crippen LogP contribution in [0.2, 0.25) is 0 Å². The number of methoxy groups -OCH3 is 1. The summed E-state index contributed by atoms with van der Waals surface area (Å²) in [5.74, 6) is -1.04. The fraction of sp³-hybridized carbons (Fsp3) is 0.381. The number of sulfonamides is 1. The third kappa shape index (κ3) is 5.15. The Morgan fingerprint density at radius 2 is 2.00 bits per heavy atom. The van der Waals surface area contributed by atoms with Gasteiger partial charge in [-0.2, -0.15) is 0 Å². The molecule has 1 aliphatic heterocycles. The number of ether oxygens (including phenoxy) is 1. The Morgan fingerprint density at radius 1 is 1.30 bits per heavy atom. The van der Waals surface area contributed by atoms with Gasteiger partial charge in [0.15, 0.2) is 0 Å². The molecule has 9 heteroatoms. The zero-order valence-corrected chi connectivity index (χ0v) is 18.8. The average molecular weight is 453 g/mol. The number of halogens is 1. The largest absolute Gasteiger partial charge is 0.465 e. The summed E-state index contributed by atoms with van der Waals surface area (Å²) in [6.45, 7) is 6.17. The highest BCUT2D eigenvalue weighted by atomic mass is 32.2. The first-order chi connectivity index (χ1) is 14.2. The maximum atomic E-state index is 13.1. The highest BCUT2D eigenvalue weighted by Gasteiger charge is 2.33. The van der Waals surface area contributed by atoms with Crippen molar-refractivity contribution in [3.63, 3.8) is 0 Å². The van der Waals surface area contributed by atoms with Gasteiger partial charge in [-0.05, 0) is 43.5 Å². The van der Waals surface area contributed by atoms with Crippen LogP contribution in [-0.4, -0.2) is 39.5 Å². The van der Waals surface area contributed by atoms with E-state index in [0.29, 0.717) is 18.5 Å². The number of nitrogens with zero attached hydrogens (tertiary/aromatic N) is 1. The first-order valence-electron chi connectivity index (χ1n) is 9.54. The van der Waals surface area contributed by atoms with E-state index in [4.69, 9.17) is 4.74 Å². The number of esters is 1. The fourth-order valence-corrected chi connectivity index (χ4v) is 6.23. The average Bonchev–Trinajstić information content (AvgIpc) is 3.11. The molecule has 0 radical (unpaired) electrons. The van der Waals surface area contributed by atoms with E-state index < -0.39 is 21.8 Å². The van der Waals surface area contributed by atoms with Crippen molar-refractivity contribution in [3.8, 4) is 0 Å². The molecule has 1 N–H and O–H groups in total. The molecule has 0 amide bonds. The molecule has 0 fully saturated rings. The van der Waals surface area contributed by atoms with Crippen LogP contribution in [0.5, 0.6) is 0 Å². The van der Waals surface area contributed by atoms with Crippen molar-refractivity contribution in [1.82, 2.24) is 9.62 Å². The molecule has 2 heterocycles. The molecule has 0 saturated carbocycles. The number of carbonyl (C=O) groups excluding carboxylic acids is 1. The second kappa shape index (κ2) is 9.38. The van der Waals surface area contributed by atoms with Gasteiger partial charge in [-0.3, -0.25) is 4.90 Å². The Bertz CT molecular complexity index is 1060. The van der Waals surface area contributed by atoms with Gasteiger partial charge in [0.25, 0.3) is 10.0 Å². The zero-order valence-electron chi connectivity index (χ0n) is 17.2. The minimum absolute atomic E-state index is 0.00150. The first-order valence-corrected chi connectivity index (χ1v) is 11.8. The van der Waals surface area contributed by atoms with Gasteiger partial charge in [0, 0.05) is 31.1 Å². The number of benzene rings is 1. The maximum Gasteiger partial charge on any atom is 0.340 e. The van der Waals surface area contributed by atoms with Gasteiger partial charge in [-0.15, -0.1) is 11.3 Å². The number of carbonyl (C=O) groups is 1. The van der Waals surface area contributed by atoms with Crippen LogP contribution >= 0.6 is 11.3 Å². The highest BCUT2D eigenvalue weighted by Crippen LogP contribution is 2.36. The molecule has 0 aliphatic carbocycles. The minimum atomic E-state index is -3.95. The van der Waals surface area contributed by atoms with E-state index in [1.807, 2.05) is 13.8 Å². The Labute approximate surface area is 180 Å². The molecule has 0 unspecified atom stereocenters. The molecular weight excluding hydrogens is 427 g/mol. The molecular formula is C21H25FN2O4S2. The minimum Gasteiger partial charge on any atom is -0.465 e. The van der Waals surface area contributed by atoms with Gasteiger partial charge < -0.3 is 4.74 Å². The van der Waals surface area contributed by atoms with Gasteiger partial charge in [0.1, 0.15) is 10.0 Å². The molecule has 162 valence electrons. The van der Waals surface area contributed by atoms with E-state index in [9.17, 15) is 17.6 Å². The lowest BCUT2D eigenvalue weighted by Gasteiger charge is -2.26. The van der Waals surface area contributed by atoms with Gasteiger partial charge in [-0.25, -0.2) is 22.3 Å². The third-order valence-electron chi connectivity index (χ3n) is 4.87. The number of thiophene rings is 1. The lowest BCUT2D eigenvalue weighted by atomic mass is 10.0. The molecule has 0 atom stereocenters. The number of rotatable bonds is 7. The van der Waals surface area contributed by atoms with Crippen molar-refractivity contribution in [2.24, 2.45) is 0 Å². The molecule has 0 spiro atoms. The van der Waals surface area contributed by atoms with Crippen molar-refractivity contribution >= 4 is 27.3 Å². The second-order valence-electron chi connectivity index (χ2n) is 7.38. The summed E-state index contributed by atoms with van der Waals surface area (Å²) in [6.07, 6.45) is 2.71. The molecule has 1 aromatic carbocycles. The van der Waals surface area contributed by atoms with E-state index >= 15 is 0 Å². The van der Waals surface area contributed by atoms with Gasteiger partial charge in [-0.1, -0.05) is 23.8 Å². The van der Waals surface area contributed by atoms with E-state index in [2.05, 4.69) is 15.7 Å². The van der Waals surface area contributed by atoms with Crippen molar-refractivity contribution in [3.05, 3.63) is 63.3 Å². The molecule has 3 rings (SSSR count). The van der Waals surface area contributed by atoms with Gasteiger partial charge in [0.2, 0.25) is 0 Å². The molecule has 2 aromatic rings. The summed E-state index contributed by atoms with van der Waals surface area (Å²) in [4.78, 5) is 15.5. The Morgan fingerprint density at radius 3 is 2.63 bits per heavy atom. The van der Waals surface area contributed by atoms with Crippen LogP contribution < -0.4 is 4.72 Å². The predicted octanol–water partition coefficient (Wildman–Crippen LogP) is 3.48. The normalized spacial score (nSPS) is 14.3. The quantitative estimate of drug-likeness (QED) is 0.514. The van der Waals surface area contributed by atoms with Gasteiger partial charge in [0.05, 0.1) is 12.7 Å². The standard InChI is InChI=1S/C21H25FN2O4S2/c1-14(2)8-10-24-11-9-17-18(13-24)29-21(19(17)20(25)28-3)30(26,27)23-12-15-4-6-16(22)7-5-15/h4-8,23H,9-13H2,1-3H3. The Balaban J connectivity index is 1.89. The highest BCUT2D eigenvalue weighted by molar-refractivity contribution is 7.91. The lowest BCUT2D eigenvalue weighted by Crippen LogP contribution is -2.30. The molecule has 0 saturated heterocycles. The third-order valence-corrected chi connectivity index (χ3v) is 8.01. The van der Waals surface area contributed by atoms with E-state index in [1.165, 1.54) is 36.9 Å². The topological polar surface area (TPSA) is 75.7 Å². The van der Waals surface area contributed by atoms with Crippen molar-refractivity contribution in [1.29, 1.82) is 0 Å². The summed E-state index contributed by atoms with van der Waals surface area (Å²) < 4.78 is 46.5. The number of fused-ring (bicyclic) bond motifs is 1. The van der Waals surface area contributed by atoms with Crippen LogP contribution in [0.4, 0.5) is 4.39 Å². The fourth-order valence-electron chi connectivity index (χ4n) is 3.24. The molecule has 0 bridgehead atoms. The summed E-state index contributed by atoms with van der Waals surface area (Å²) >= 11 is 1.11. The molecule has 30 heavy (non-hydrogen) atoms. The van der Waals surface area contributed by atoms with Crippen LogP contribution in [0.25, 0.3) is 0 Å². The van der Waals surface area contributed by atoms with Crippen LogP contribution in [0, 0.1) is 5.82 Å². The number of hydrogen-bond acceptors (Lipinski definition) is 6. The SMILES string of the molecule is COC(=O)c1c(S(=O)(=O)NCc2ccc(F)cc2)sc2c1CCN(CC=C(C)C)C2. The van der Waals surface area contributed by atoms with Crippen LogP contribution in [0.3, 0.4) is 0 Å². The smallest absolute Gasteiger partial charge is 0.340 e.